The molecular formula is C15H17FN2S. The van der Waals surface area contributed by atoms with E-state index in [0.29, 0.717) is 5.56 Å². The highest BCUT2D eigenvalue weighted by Crippen LogP contribution is 2.33. The van der Waals surface area contributed by atoms with Crippen LogP contribution >= 0.6 is 11.8 Å². The number of nitrogens with zero attached hydrogens (tertiary/aromatic N) is 1. The topological polar surface area (TPSA) is 38.9 Å². The van der Waals surface area contributed by atoms with Gasteiger partial charge in [-0.25, -0.2) is 9.37 Å². The molecule has 0 saturated carbocycles. The highest BCUT2D eigenvalue weighted by Gasteiger charge is 2.14. The molecule has 0 spiro atoms. The van der Waals surface area contributed by atoms with Gasteiger partial charge in [-0.2, -0.15) is 0 Å². The first-order valence-electron chi connectivity index (χ1n) is 6.14. The summed E-state index contributed by atoms with van der Waals surface area (Å²) in [5.41, 5.74) is 8.51. The Morgan fingerprint density at radius 1 is 1.26 bits per heavy atom. The molecule has 2 nitrogen and oxygen atoms in total. The molecule has 100 valence electrons. The van der Waals surface area contributed by atoms with Crippen molar-refractivity contribution in [1.29, 1.82) is 0 Å². The van der Waals surface area contributed by atoms with E-state index in [1.165, 1.54) is 17.8 Å². The molecule has 2 aromatic rings. The summed E-state index contributed by atoms with van der Waals surface area (Å²) in [6, 6.07) is 8.69. The Bertz CT molecular complexity index is 576. The number of benzene rings is 1. The van der Waals surface area contributed by atoms with Crippen molar-refractivity contribution in [1.82, 2.24) is 4.98 Å². The molecule has 0 aliphatic heterocycles. The van der Waals surface area contributed by atoms with E-state index in [1.807, 2.05) is 32.0 Å². The van der Waals surface area contributed by atoms with Crippen molar-refractivity contribution in [3.8, 4) is 0 Å². The van der Waals surface area contributed by atoms with E-state index in [2.05, 4.69) is 4.98 Å². The Morgan fingerprint density at radius 2 is 2.00 bits per heavy atom. The predicted molar refractivity (Wildman–Crippen MR) is 76.8 cm³/mol. The standard InChI is InChI=1S/C15H17FN2S/c1-9-7-10(2)18-14(8-9)19-13-6-4-5-12(16)15(13)11(3)17/h4-8,11H,17H2,1-3H3/t11-/m1/s1. The monoisotopic (exact) mass is 276 g/mol. The van der Waals surface area contributed by atoms with Crippen molar-refractivity contribution >= 4 is 11.8 Å². The lowest BCUT2D eigenvalue weighted by Gasteiger charge is -2.13. The summed E-state index contributed by atoms with van der Waals surface area (Å²) in [5.74, 6) is -0.260. The first-order valence-corrected chi connectivity index (χ1v) is 6.96. The van der Waals surface area contributed by atoms with Crippen LogP contribution in [-0.4, -0.2) is 4.98 Å². The van der Waals surface area contributed by atoms with E-state index in [-0.39, 0.29) is 11.9 Å². The van der Waals surface area contributed by atoms with Crippen molar-refractivity contribution in [2.75, 3.05) is 0 Å². The number of hydrogen-bond donors (Lipinski definition) is 1. The zero-order valence-electron chi connectivity index (χ0n) is 11.3. The average Bonchev–Trinajstić information content (AvgIpc) is 2.26. The molecule has 0 amide bonds. The zero-order chi connectivity index (χ0) is 14.0. The number of nitrogens with two attached hydrogens (primary N) is 1. The molecule has 2 N–H and O–H groups in total. The molecule has 0 fully saturated rings. The van der Waals surface area contributed by atoms with Gasteiger partial charge in [-0.3, -0.25) is 0 Å². The fraction of sp³-hybridized carbons (Fsp3) is 0.267. The zero-order valence-corrected chi connectivity index (χ0v) is 12.1. The van der Waals surface area contributed by atoms with Crippen molar-refractivity contribution in [3.63, 3.8) is 0 Å². The summed E-state index contributed by atoms with van der Waals surface area (Å²) in [6.45, 7) is 5.77. The van der Waals surface area contributed by atoms with Crippen molar-refractivity contribution in [3.05, 3.63) is 53.0 Å². The molecule has 0 unspecified atom stereocenters. The van der Waals surface area contributed by atoms with Gasteiger partial charge in [0.25, 0.3) is 0 Å². The van der Waals surface area contributed by atoms with E-state index in [9.17, 15) is 4.39 Å². The summed E-state index contributed by atoms with van der Waals surface area (Å²) in [5, 5.41) is 0.866. The fourth-order valence-electron chi connectivity index (χ4n) is 2.02. The normalized spacial score (nSPS) is 12.5. The molecule has 4 heteroatoms. The molecule has 1 heterocycles. The second-order valence-corrected chi connectivity index (χ2v) is 5.73. The first-order chi connectivity index (χ1) is 8.97. The fourth-order valence-corrected chi connectivity index (χ4v) is 3.22. The number of rotatable bonds is 3. The van der Waals surface area contributed by atoms with Gasteiger partial charge in [0.05, 0.1) is 0 Å². The number of aryl methyl sites for hydroxylation is 2. The van der Waals surface area contributed by atoms with E-state index >= 15 is 0 Å². The van der Waals surface area contributed by atoms with Crippen LogP contribution in [-0.2, 0) is 0 Å². The van der Waals surface area contributed by atoms with Crippen LogP contribution in [0.5, 0.6) is 0 Å². The van der Waals surface area contributed by atoms with E-state index in [0.717, 1.165) is 21.2 Å². The maximum absolute atomic E-state index is 13.8. The van der Waals surface area contributed by atoms with E-state index in [1.54, 1.807) is 13.0 Å². The Morgan fingerprint density at radius 3 is 2.63 bits per heavy atom. The largest absolute Gasteiger partial charge is 0.324 e. The molecule has 19 heavy (non-hydrogen) atoms. The molecule has 0 aliphatic rings. The summed E-state index contributed by atoms with van der Waals surface area (Å²) < 4.78 is 13.8. The highest BCUT2D eigenvalue weighted by atomic mass is 32.2. The minimum atomic E-state index is -0.338. The molecule has 0 saturated heterocycles. The summed E-state index contributed by atoms with van der Waals surface area (Å²) in [7, 11) is 0. The third-order valence-corrected chi connectivity index (χ3v) is 3.75. The molecule has 2 rings (SSSR count). The molecule has 0 bridgehead atoms. The summed E-state index contributed by atoms with van der Waals surface area (Å²) >= 11 is 1.45. The first kappa shape index (κ1) is 14.0. The van der Waals surface area contributed by atoms with Gasteiger partial charge in [-0.1, -0.05) is 17.8 Å². The van der Waals surface area contributed by atoms with Gasteiger partial charge in [0.1, 0.15) is 10.8 Å². The quantitative estimate of drug-likeness (QED) is 0.920. The van der Waals surface area contributed by atoms with Crippen molar-refractivity contribution in [2.45, 2.75) is 36.7 Å². The number of aromatic nitrogens is 1. The maximum Gasteiger partial charge on any atom is 0.129 e. The second-order valence-electron chi connectivity index (χ2n) is 4.67. The Balaban J connectivity index is 2.40. The van der Waals surface area contributed by atoms with Crippen LogP contribution in [0.3, 0.4) is 0 Å². The Labute approximate surface area is 117 Å². The van der Waals surface area contributed by atoms with Gasteiger partial charge in [0, 0.05) is 22.2 Å². The third-order valence-electron chi connectivity index (χ3n) is 2.76. The van der Waals surface area contributed by atoms with Gasteiger partial charge in [-0.05, 0) is 50.6 Å². The third kappa shape index (κ3) is 3.33. The van der Waals surface area contributed by atoms with Crippen LogP contribution in [0, 0.1) is 19.7 Å². The van der Waals surface area contributed by atoms with Crippen LogP contribution in [0.1, 0.15) is 29.8 Å². The molecular weight excluding hydrogens is 259 g/mol. The van der Waals surface area contributed by atoms with E-state index < -0.39 is 0 Å². The van der Waals surface area contributed by atoms with Crippen molar-refractivity contribution < 1.29 is 4.39 Å². The predicted octanol–water partition coefficient (Wildman–Crippen LogP) is 4.01. The van der Waals surface area contributed by atoms with Crippen LogP contribution in [0.25, 0.3) is 0 Å². The van der Waals surface area contributed by atoms with Gasteiger partial charge in [-0.15, -0.1) is 0 Å². The van der Waals surface area contributed by atoms with Crippen LogP contribution in [0.4, 0.5) is 4.39 Å². The second kappa shape index (κ2) is 5.72. The van der Waals surface area contributed by atoms with Crippen LogP contribution < -0.4 is 5.73 Å². The van der Waals surface area contributed by atoms with Gasteiger partial charge in [0.15, 0.2) is 0 Å². The summed E-state index contributed by atoms with van der Waals surface area (Å²) in [6.07, 6.45) is 0. The smallest absolute Gasteiger partial charge is 0.129 e. The number of pyridine rings is 1. The van der Waals surface area contributed by atoms with E-state index in [4.69, 9.17) is 5.73 Å². The lowest BCUT2D eigenvalue weighted by Crippen LogP contribution is -2.09. The molecule has 1 aromatic heterocycles. The maximum atomic E-state index is 13.8. The molecule has 1 atom stereocenters. The minimum Gasteiger partial charge on any atom is -0.324 e. The SMILES string of the molecule is Cc1cc(C)nc(Sc2cccc(F)c2[C@@H](C)N)c1. The van der Waals surface area contributed by atoms with Gasteiger partial charge >= 0.3 is 0 Å². The Kier molecular flexibility index (Phi) is 4.22. The van der Waals surface area contributed by atoms with Crippen molar-refractivity contribution in [2.24, 2.45) is 5.73 Å². The minimum absolute atomic E-state index is 0.260. The highest BCUT2D eigenvalue weighted by molar-refractivity contribution is 7.99. The van der Waals surface area contributed by atoms with Crippen LogP contribution in [0.15, 0.2) is 40.3 Å². The molecule has 1 aromatic carbocycles. The average molecular weight is 276 g/mol. The number of hydrogen-bond acceptors (Lipinski definition) is 3. The lowest BCUT2D eigenvalue weighted by atomic mass is 10.1. The van der Waals surface area contributed by atoms with Gasteiger partial charge in [0.2, 0.25) is 0 Å². The van der Waals surface area contributed by atoms with Gasteiger partial charge < -0.3 is 5.73 Å². The molecule has 0 radical (unpaired) electrons. The molecule has 0 aliphatic carbocycles. The number of halogens is 1. The lowest BCUT2D eigenvalue weighted by molar-refractivity contribution is 0.585. The Hall–Kier alpha value is -1.39. The summed E-state index contributed by atoms with van der Waals surface area (Å²) in [4.78, 5) is 5.29. The van der Waals surface area contributed by atoms with Crippen LogP contribution in [0.2, 0.25) is 0 Å².